The first-order valence-electron chi connectivity index (χ1n) is 4.92. The van der Waals surface area contributed by atoms with Gasteiger partial charge in [0.15, 0.2) is 0 Å². The van der Waals surface area contributed by atoms with Crippen LogP contribution in [0.5, 0.6) is 5.75 Å². The lowest BCUT2D eigenvalue weighted by Gasteiger charge is -2.12. The maximum absolute atomic E-state index is 12.6. The third-order valence-corrected chi connectivity index (χ3v) is 2.29. The molecule has 0 heterocycles. The number of hydrogen-bond acceptors (Lipinski definition) is 2. The van der Waals surface area contributed by atoms with Crippen molar-refractivity contribution in [3.05, 3.63) is 35.4 Å². The fourth-order valence-corrected chi connectivity index (χ4v) is 1.46. The van der Waals surface area contributed by atoms with Crippen molar-refractivity contribution in [1.29, 1.82) is 0 Å². The van der Waals surface area contributed by atoms with Crippen molar-refractivity contribution in [2.75, 3.05) is 7.11 Å². The smallest absolute Gasteiger partial charge is 0.416 e. The summed E-state index contributed by atoms with van der Waals surface area (Å²) in [5.41, 5.74) is -0.559. The predicted molar refractivity (Wildman–Crippen MR) is 59.3 cm³/mol. The Morgan fingerprint density at radius 2 is 2.00 bits per heavy atom. The van der Waals surface area contributed by atoms with E-state index in [2.05, 4.69) is 0 Å². The molecule has 0 unspecified atom stereocenters. The molecule has 0 saturated heterocycles. The van der Waals surface area contributed by atoms with Gasteiger partial charge >= 0.3 is 12.1 Å². The fourth-order valence-electron chi connectivity index (χ4n) is 1.46. The molecule has 18 heavy (non-hydrogen) atoms. The molecule has 0 atom stereocenters. The quantitative estimate of drug-likeness (QED) is 0.849. The Labute approximate surface area is 101 Å². The molecule has 0 aromatic heterocycles. The number of halogens is 3. The number of carbonyl (C=O) groups is 1. The van der Waals surface area contributed by atoms with Crippen molar-refractivity contribution in [3.63, 3.8) is 0 Å². The number of carboxylic acids is 1. The number of alkyl halides is 3. The lowest BCUT2D eigenvalue weighted by atomic mass is 10.0. The number of aliphatic carboxylic acids is 1. The lowest BCUT2D eigenvalue weighted by molar-refractivity contribution is -0.137. The Balaban J connectivity index is 3.35. The second kappa shape index (κ2) is 5.12. The van der Waals surface area contributed by atoms with Crippen LogP contribution in [0, 0.1) is 0 Å². The van der Waals surface area contributed by atoms with E-state index in [9.17, 15) is 18.0 Å². The predicted octanol–water partition coefficient (Wildman–Crippen LogP) is 3.20. The Hall–Kier alpha value is -1.98. The van der Waals surface area contributed by atoms with Gasteiger partial charge in [0, 0.05) is 11.6 Å². The van der Waals surface area contributed by atoms with Crippen LogP contribution in [0.15, 0.2) is 24.3 Å². The standard InChI is InChI=1S/C12H11F3O3/c1-7(5-11(16)17)9-6-8(12(13,14)15)3-4-10(9)18-2/h3-6H,1-2H3,(H,16,17)/b7-5+. The second-order valence-corrected chi connectivity index (χ2v) is 3.58. The minimum atomic E-state index is -4.48. The molecular weight excluding hydrogens is 249 g/mol. The molecule has 98 valence electrons. The normalized spacial score (nSPS) is 12.4. The highest BCUT2D eigenvalue weighted by atomic mass is 19.4. The third kappa shape index (κ3) is 3.26. The van der Waals surface area contributed by atoms with Gasteiger partial charge in [-0.3, -0.25) is 0 Å². The summed E-state index contributed by atoms with van der Waals surface area (Å²) in [4.78, 5) is 10.5. The van der Waals surface area contributed by atoms with E-state index in [1.807, 2.05) is 0 Å². The highest BCUT2D eigenvalue weighted by Gasteiger charge is 2.31. The number of carboxylic acid groups (broad SMARTS) is 1. The van der Waals surface area contributed by atoms with Crippen LogP contribution in [0.25, 0.3) is 5.57 Å². The van der Waals surface area contributed by atoms with Crippen LogP contribution in [0.3, 0.4) is 0 Å². The molecule has 1 N–H and O–H groups in total. The zero-order chi connectivity index (χ0) is 13.9. The average molecular weight is 260 g/mol. The van der Waals surface area contributed by atoms with E-state index in [0.717, 1.165) is 24.3 Å². The first kappa shape index (κ1) is 14.1. The number of benzene rings is 1. The molecular formula is C12H11F3O3. The monoisotopic (exact) mass is 260 g/mol. The molecule has 0 bridgehead atoms. The van der Waals surface area contributed by atoms with Gasteiger partial charge in [0.25, 0.3) is 0 Å². The SMILES string of the molecule is COc1ccc(C(F)(F)F)cc1/C(C)=C/C(=O)O. The van der Waals surface area contributed by atoms with Crippen molar-refractivity contribution >= 4 is 11.5 Å². The van der Waals surface area contributed by atoms with Crippen molar-refractivity contribution in [1.82, 2.24) is 0 Å². The van der Waals surface area contributed by atoms with E-state index < -0.39 is 17.7 Å². The van der Waals surface area contributed by atoms with Gasteiger partial charge in [-0.25, -0.2) is 4.79 Å². The molecule has 0 spiro atoms. The first-order chi connectivity index (χ1) is 8.25. The van der Waals surface area contributed by atoms with Gasteiger partial charge in [-0.1, -0.05) is 0 Å². The number of rotatable bonds is 3. The summed E-state index contributed by atoms with van der Waals surface area (Å²) in [6.45, 7) is 1.41. The molecule has 1 aromatic rings. The van der Waals surface area contributed by atoms with E-state index in [0.29, 0.717) is 0 Å². The van der Waals surface area contributed by atoms with E-state index in [1.165, 1.54) is 14.0 Å². The lowest BCUT2D eigenvalue weighted by Crippen LogP contribution is -2.06. The summed E-state index contributed by atoms with van der Waals surface area (Å²) in [6, 6.07) is 2.92. The molecule has 0 fully saturated rings. The first-order valence-corrected chi connectivity index (χ1v) is 4.92. The van der Waals surface area contributed by atoms with Crippen molar-refractivity contribution in [3.8, 4) is 5.75 Å². The summed E-state index contributed by atoms with van der Waals surface area (Å²) in [6.07, 6.45) is -3.65. The molecule has 0 amide bonds. The van der Waals surface area contributed by atoms with Crippen LogP contribution in [0.2, 0.25) is 0 Å². The molecule has 6 heteroatoms. The van der Waals surface area contributed by atoms with Crippen molar-refractivity contribution in [2.45, 2.75) is 13.1 Å². The fraction of sp³-hybridized carbons (Fsp3) is 0.250. The number of hydrogen-bond donors (Lipinski definition) is 1. The molecule has 0 saturated carbocycles. The van der Waals surface area contributed by atoms with Gasteiger partial charge in [-0.2, -0.15) is 13.2 Å². The Morgan fingerprint density at radius 3 is 2.44 bits per heavy atom. The Bertz CT molecular complexity index is 490. The van der Waals surface area contributed by atoms with E-state index in [4.69, 9.17) is 9.84 Å². The molecule has 3 nitrogen and oxygen atoms in total. The van der Waals surface area contributed by atoms with Gasteiger partial charge in [-0.05, 0) is 30.7 Å². The summed E-state index contributed by atoms with van der Waals surface area (Å²) in [5.74, 6) is -1.04. The number of methoxy groups -OCH3 is 1. The Morgan fingerprint density at radius 1 is 1.39 bits per heavy atom. The van der Waals surface area contributed by atoms with E-state index >= 15 is 0 Å². The summed E-state index contributed by atoms with van der Waals surface area (Å²) >= 11 is 0. The average Bonchev–Trinajstić information content (AvgIpc) is 2.26. The highest BCUT2D eigenvalue weighted by molar-refractivity contribution is 5.90. The van der Waals surface area contributed by atoms with Crippen LogP contribution in [0.1, 0.15) is 18.1 Å². The molecule has 0 radical (unpaired) electrons. The van der Waals surface area contributed by atoms with Crippen LogP contribution < -0.4 is 4.74 Å². The second-order valence-electron chi connectivity index (χ2n) is 3.58. The summed E-state index contributed by atoms with van der Waals surface area (Å²) in [7, 11) is 1.31. The van der Waals surface area contributed by atoms with Crippen LogP contribution in [-0.4, -0.2) is 18.2 Å². The number of ether oxygens (including phenoxy) is 1. The number of allylic oxidation sites excluding steroid dienone is 1. The minimum Gasteiger partial charge on any atom is -0.496 e. The summed E-state index contributed by atoms with van der Waals surface area (Å²) in [5, 5.41) is 8.60. The Kier molecular flexibility index (Phi) is 4.00. The molecule has 0 aliphatic rings. The van der Waals surface area contributed by atoms with Crippen LogP contribution in [-0.2, 0) is 11.0 Å². The maximum Gasteiger partial charge on any atom is 0.416 e. The van der Waals surface area contributed by atoms with Crippen LogP contribution >= 0.6 is 0 Å². The van der Waals surface area contributed by atoms with Crippen LogP contribution in [0.4, 0.5) is 13.2 Å². The highest BCUT2D eigenvalue weighted by Crippen LogP contribution is 2.34. The maximum atomic E-state index is 12.6. The third-order valence-electron chi connectivity index (χ3n) is 2.29. The minimum absolute atomic E-state index is 0.106. The largest absolute Gasteiger partial charge is 0.496 e. The molecule has 1 rings (SSSR count). The molecule has 0 aliphatic heterocycles. The molecule has 0 aliphatic carbocycles. The zero-order valence-electron chi connectivity index (χ0n) is 9.71. The van der Waals surface area contributed by atoms with Gasteiger partial charge < -0.3 is 9.84 Å². The van der Waals surface area contributed by atoms with Crippen molar-refractivity contribution < 1.29 is 27.8 Å². The van der Waals surface area contributed by atoms with E-state index in [1.54, 1.807) is 0 Å². The van der Waals surface area contributed by atoms with Crippen molar-refractivity contribution in [2.24, 2.45) is 0 Å². The zero-order valence-corrected chi connectivity index (χ0v) is 9.71. The van der Waals surface area contributed by atoms with Gasteiger partial charge in [0.1, 0.15) is 5.75 Å². The molecule has 1 aromatic carbocycles. The van der Waals surface area contributed by atoms with Gasteiger partial charge in [-0.15, -0.1) is 0 Å². The van der Waals surface area contributed by atoms with E-state index in [-0.39, 0.29) is 16.9 Å². The summed E-state index contributed by atoms with van der Waals surface area (Å²) < 4.78 is 42.6. The van der Waals surface area contributed by atoms with Gasteiger partial charge in [0.2, 0.25) is 0 Å². The topological polar surface area (TPSA) is 46.5 Å². The van der Waals surface area contributed by atoms with Gasteiger partial charge in [0.05, 0.1) is 12.7 Å².